The molecule has 2 aromatic rings. The predicted molar refractivity (Wildman–Crippen MR) is 86.2 cm³/mol. The van der Waals surface area contributed by atoms with Gasteiger partial charge in [0.15, 0.2) is 0 Å². The minimum absolute atomic E-state index is 0.131. The number of methoxy groups -OCH3 is 1. The van der Waals surface area contributed by atoms with Crippen molar-refractivity contribution < 1.29 is 9.47 Å². The Bertz CT molecular complexity index is 589. The van der Waals surface area contributed by atoms with Gasteiger partial charge in [0.05, 0.1) is 7.11 Å². The molecule has 2 aromatic carbocycles. The van der Waals surface area contributed by atoms with Crippen LogP contribution in [0.15, 0.2) is 48.5 Å². The number of hydrogen-bond acceptors (Lipinski definition) is 3. The molecule has 4 heteroatoms. The van der Waals surface area contributed by atoms with E-state index in [1.165, 1.54) is 0 Å². The molecule has 0 aromatic heterocycles. The lowest BCUT2D eigenvalue weighted by atomic mass is 10.0. The van der Waals surface area contributed by atoms with Crippen LogP contribution < -0.4 is 15.2 Å². The van der Waals surface area contributed by atoms with Gasteiger partial charge in [-0.2, -0.15) is 0 Å². The average molecular weight is 306 g/mol. The van der Waals surface area contributed by atoms with Crippen LogP contribution in [-0.2, 0) is 6.42 Å². The Morgan fingerprint density at radius 3 is 2.62 bits per heavy atom. The van der Waals surface area contributed by atoms with Crippen molar-refractivity contribution >= 4 is 11.6 Å². The van der Waals surface area contributed by atoms with Gasteiger partial charge in [0.1, 0.15) is 17.6 Å². The van der Waals surface area contributed by atoms with Crippen LogP contribution in [0, 0.1) is 0 Å². The van der Waals surface area contributed by atoms with E-state index in [0.29, 0.717) is 11.4 Å². The van der Waals surface area contributed by atoms with Crippen LogP contribution in [0.3, 0.4) is 0 Å². The van der Waals surface area contributed by atoms with Crippen molar-refractivity contribution in [2.75, 3.05) is 7.11 Å². The summed E-state index contributed by atoms with van der Waals surface area (Å²) in [7, 11) is 1.66. The van der Waals surface area contributed by atoms with Crippen LogP contribution in [-0.4, -0.2) is 19.3 Å². The van der Waals surface area contributed by atoms with Crippen molar-refractivity contribution in [3.05, 3.63) is 59.1 Å². The summed E-state index contributed by atoms with van der Waals surface area (Å²) in [5.74, 6) is 1.58. The number of para-hydroxylation sites is 1. The average Bonchev–Trinajstić information content (AvgIpc) is 2.47. The first kappa shape index (κ1) is 15.7. The van der Waals surface area contributed by atoms with E-state index >= 15 is 0 Å². The zero-order valence-electron chi connectivity index (χ0n) is 12.3. The van der Waals surface area contributed by atoms with Gasteiger partial charge in [-0.3, -0.25) is 0 Å². The van der Waals surface area contributed by atoms with Crippen LogP contribution >= 0.6 is 11.6 Å². The molecule has 0 fully saturated rings. The minimum Gasteiger partial charge on any atom is -0.496 e. The zero-order valence-corrected chi connectivity index (χ0v) is 13.0. The minimum atomic E-state index is -0.139. The molecule has 2 rings (SSSR count). The molecule has 2 atom stereocenters. The highest BCUT2D eigenvalue weighted by atomic mass is 35.5. The fourth-order valence-electron chi connectivity index (χ4n) is 2.13. The second-order valence-corrected chi connectivity index (χ2v) is 5.40. The highest BCUT2D eigenvalue weighted by Gasteiger charge is 2.17. The van der Waals surface area contributed by atoms with Gasteiger partial charge in [0.2, 0.25) is 0 Å². The predicted octanol–water partition coefficient (Wildman–Crippen LogP) is 3.69. The Kier molecular flexibility index (Phi) is 5.48. The standard InChI is InChI=1S/C17H20ClNO2/c1-12(21-15-8-5-7-14(18)11-15)16(19)10-13-6-3-4-9-17(13)20-2/h3-9,11-12,16H,10,19H2,1-2H3. The van der Waals surface area contributed by atoms with E-state index in [1.54, 1.807) is 13.2 Å². The fraction of sp³-hybridized carbons (Fsp3) is 0.294. The van der Waals surface area contributed by atoms with Crippen LogP contribution in [0.1, 0.15) is 12.5 Å². The summed E-state index contributed by atoms with van der Waals surface area (Å²) in [4.78, 5) is 0. The van der Waals surface area contributed by atoms with Gasteiger partial charge in [0.25, 0.3) is 0 Å². The van der Waals surface area contributed by atoms with Gasteiger partial charge in [-0.15, -0.1) is 0 Å². The van der Waals surface area contributed by atoms with E-state index in [4.69, 9.17) is 26.8 Å². The molecule has 0 saturated carbocycles. The molecule has 0 radical (unpaired) electrons. The largest absolute Gasteiger partial charge is 0.496 e. The number of halogens is 1. The van der Waals surface area contributed by atoms with Crippen molar-refractivity contribution in [1.82, 2.24) is 0 Å². The molecule has 0 bridgehead atoms. The smallest absolute Gasteiger partial charge is 0.122 e. The lowest BCUT2D eigenvalue weighted by Crippen LogP contribution is -2.38. The maximum atomic E-state index is 6.25. The van der Waals surface area contributed by atoms with Crippen LogP contribution in [0.5, 0.6) is 11.5 Å². The van der Waals surface area contributed by atoms with Crippen molar-refractivity contribution in [3.63, 3.8) is 0 Å². The van der Waals surface area contributed by atoms with E-state index in [0.717, 1.165) is 17.1 Å². The Morgan fingerprint density at radius 1 is 1.14 bits per heavy atom. The molecular weight excluding hydrogens is 286 g/mol. The summed E-state index contributed by atoms with van der Waals surface area (Å²) in [6.07, 6.45) is 0.555. The Balaban J connectivity index is 2.01. The summed E-state index contributed by atoms with van der Waals surface area (Å²) < 4.78 is 11.2. The van der Waals surface area contributed by atoms with Crippen molar-refractivity contribution in [2.45, 2.75) is 25.5 Å². The van der Waals surface area contributed by atoms with Gasteiger partial charge in [-0.1, -0.05) is 35.9 Å². The lowest BCUT2D eigenvalue weighted by molar-refractivity contribution is 0.188. The molecule has 0 heterocycles. The van der Waals surface area contributed by atoms with Gasteiger partial charge in [-0.05, 0) is 43.2 Å². The molecule has 0 amide bonds. The second-order valence-electron chi connectivity index (χ2n) is 4.96. The Morgan fingerprint density at radius 2 is 1.90 bits per heavy atom. The molecule has 0 aliphatic rings. The third kappa shape index (κ3) is 4.38. The number of hydrogen-bond donors (Lipinski definition) is 1. The van der Waals surface area contributed by atoms with E-state index < -0.39 is 0 Å². The van der Waals surface area contributed by atoms with E-state index in [1.807, 2.05) is 49.4 Å². The lowest BCUT2D eigenvalue weighted by Gasteiger charge is -2.22. The van der Waals surface area contributed by atoms with Crippen LogP contribution in [0.25, 0.3) is 0 Å². The van der Waals surface area contributed by atoms with Crippen molar-refractivity contribution in [2.24, 2.45) is 5.73 Å². The third-order valence-electron chi connectivity index (χ3n) is 3.37. The molecule has 0 saturated heterocycles. The highest BCUT2D eigenvalue weighted by Crippen LogP contribution is 2.22. The normalized spacial score (nSPS) is 13.5. The Labute approximate surface area is 130 Å². The molecule has 3 nitrogen and oxygen atoms in total. The van der Waals surface area contributed by atoms with Crippen molar-refractivity contribution in [3.8, 4) is 11.5 Å². The number of rotatable bonds is 6. The fourth-order valence-corrected chi connectivity index (χ4v) is 2.31. The van der Waals surface area contributed by atoms with Crippen molar-refractivity contribution in [1.29, 1.82) is 0 Å². The van der Waals surface area contributed by atoms with Gasteiger partial charge < -0.3 is 15.2 Å². The molecule has 0 aliphatic heterocycles. The van der Waals surface area contributed by atoms with Crippen LogP contribution in [0.4, 0.5) is 0 Å². The summed E-state index contributed by atoms with van der Waals surface area (Å²) in [6, 6.07) is 15.1. The van der Waals surface area contributed by atoms with E-state index in [-0.39, 0.29) is 12.1 Å². The molecule has 112 valence electrons. The van der Waals surface area contributed by atoms with Gasteiger partial charge in [-0.25, -0.2) is 0 Å². The molecule has 21 heavy (non-hydrogen) atoms. The maximum Gasteiger partial charge on any atom is 0.122 e. The first-order valence-electron chi connectivity index (χ1n) is 6.90. The molecule has 2 N–H and O–H groups in total. The summed E-state index contributed by atoms with van der Waals surface area (Å²) >= 11 is 5.95. The first-order valence-corrected chi connectivity index (χ1v) is 7.27. The molecule has 0 spiro atoms. The quantitative estimate of drug-likeness (QED) is 0.885. The molecule has 0 aliphatic carbocycles. The number of nitrogens with two attached hydrogens (primary N) is 1. The monoisotopic (exact) mass is 305 g/mol. The van der Waals surface area contributed by atoms with Gasteiger partial charge >= 0.3 is 0 Å². The SMILES string of the molecule is COc1ccccc1CC(N)C(C)Oc1cccc(Cl)c1. The first-order chi connectivity index (χ1) is 10.1. The van der Waals surface area contributed by atoms with Gasteiger partial charge in [0, 0.05) is 11.1 Å². The topological polar surface area (TPSA) is 44.5 Å². The maximum absolute atomic E-state index is 6.25. The molecule has 2 unspecified atom stereocenters. The van der Waals surface area contributed by atoms with Crippen LogP contribution in [0.2, 0.25) is 5.02 Å². The summed E-state index contributed by atoms with van der Waals surface area (Å²) in [6.45, 7) is 1.96. The Hall–Kier alpha value is -1.71. The van der Waals surface area contributed by atoms with E-state index in [2.05, 4.69) is 0 Å². The van der Waals surface area contributed by atoms with E-state index in [9.17, 15) is 0 Å². The third-order valence-corrected chi connectivity index (χ3v) is 3.60. The number of ether oxygens (including phenoxy) is 2. The zero-order chi connectivity index (χ0) is 15.2. The summed E-state index contributed by atoms with van der Waals surface area (Å²) in [5.41, 5.74) is 7.32. The molecular formula is C17H20ClNO2. The number of benzene rings is 2. The summed E-state index contributed by atoms with van der Waals surface area (Å²) in [5, 5.41) is 0.651. The highest BCUT2D eigenvalue weighted by molar-refractivity contribution is 6.30. The second kappa shape index (κ2) is 7.34.